The van der Waals surface area contributed by atoms with Crippen molar-refractivity contribution in [3.8, 4) is 0 Å². The fraction of sp³-hybridized carbons (Fsp3) is 0.500. The predicted molar refractivity (Wildman–Crippen MR) is 109 cm³/mol. The summed E-state index contributed by atoms with van der Waals surface area (Å²) in [6.07, 6.45) is 2.36. The number of fused-ring (bicyclic) bond motifs is 1. The van der Waals surface area contributed by atoms with E-state index >= 15 is 0 Å². The lowest BCUT2D eigenvalue weighted by molar-refractivity contribution is -0.147. The van der Waals surface area contributed by atoms with Crippen molar-refractivity contribution in [1.29, 1.82) is 0 Å². The normalized spacial score (nSPS) is 19.9. The van der Waals surface area contributed by atoms with Gasteiger partial charge in [-0.3, -0.25) is 14.5 Å². The highest BCUT2D eigenvalue weighted by Crippen LogP contribution is 2.41. The summed E-state index contributed by atoms with van der Waals surface area (Å²) in [7, 11) is 1.48. The van der Waals surface area contributed by atoms with Crippen LogP contribution in [0.5, 0.6) is 0 Å². The SMILES string of the molecule is CNC(=O)OCCCc1c[nH]c(NC2C(=O)N3C(C(=O)O)=C(COC(C)=O)CS[C@H]23)n1. The molecule has 3 heterocycles. The molecule has 3 rings (SSSR count). The van der Waals surface area contributed by atoms with Gasteiger partial charge in [0.25, 0.3) is 5.91 Å². The van der Waals surface area contributed by atoms with Crippen molar-refractivity contribution < 1.29 is 33.8 Å². The molecule has 0 bridgehead atoms. The van der Waals surface area contributed by atoms with Gasteiger partial charge in [-0.25, -0.2) is 14.6 Å². The molecule has 1 fully saturated rings. The van der Waals surface area contributed by atoms with Crippen LogP contribution in [0.15, 0.2) is 17.5 Å². The molecular weight excluding hydrogens is 430 g/mol. The van der Waals surface area contributed by atoms with Gasteiger partial charge in [-0.05, 0) is 12.8 Å². The van der Waals surface area contributed by atoms with Crippen LogP contribution in [0.1, 0.15) is 19.0 Å². The molecule has 1 saturated heterocycles. The average molecular weight is 453 g/mol. The molecule has 4 N–H and O–H groups in total. The molecule has 0 spiro atoms. The van der Waals surface area contributed by atoms with Gasteiger partial charge in [0.15, 0.2) is 0 Å². The van der Waals surface area contributed by atoms with Crippen LogP contribution in [-0.4, -0.2) is 81.3 Å². The topological polar surface area (TPSA) is 163 Å². The maximum Gasteiger partial charge on any atom is 0.406 e. The number of carbonyl (C=O) groups is 4. The number of nitrogens with one attached hydrogen (secondary N) is 3. The number of imidazole rings is 1. The molecule has 12 nitrogen and oxygen atoms in total. The third kappa shape index (κ3) is 5.10. The van der Waals surface area contributed by atoms with Gasteiger partial charge >= 0.3 is 18.0 Å². The number of β-lactam (4-membered cyclic amide) rings is 1. The second kappa shape index (κ2) is 9.73. The molecule has 2 atom stereocenters. The number of nitrogens with zero attached hydrogens (tertiary/aromatic N) is 2. The smallest absolute Gasteiger partial charge is 0.406 e. The van der Waals surface area contributed by atoms with Gasteiger partial charge < -0.3 is 30.2 Å². The first-order chi connectivity index (χ1) is 14.8. The number of alkyl carbamates (subject to hydrolysis) is 1. The van der Waals surface area contributed by atoms with Gasteiger partial charge in [-0.15, -0.1) is 11.8 Å². The summed E-state index contributed by atoms with van der Waals surface area (Å²) in [6, 6.07) is -0.634. The van der Waals surface area contributed by atoms with E-state index < -0.39 is 35.4 Å². The van der Waals surface area contributed by atoms with Gasteiger partial charge in [0.05, 0.1) is 12.3 Å². The quantitative estimate of drug-likeness (QED) is 0.232. The standard InChI is InChI=1S/C18H23N5O7S/c1-9(24)30-7-10-8-31-15-12(14(25)23(15)13(10)16(26)27)22-17-20-6-11(21-17)4-3-5-29-18(28)19-2/h6,12,15H,3-5,7-8H2,1-2H3,(H,19,28)(H,26,27)(H2,20,21,22)/t12?,15-/m1/s1. The zero-order valence-corrected chi connectivity index (χ0v) is 17.8. The zero-order chi connectivity index (χ0) is 22.5. The van der Waals surface area contributed by atoms with Gasteiger partial charge in [0.2, 0.25) is 5.95 Å². The van der Waals surface area contributed by atoms with Crippen LogP contribution < -0.4 is 10.6 Å². The fourth-order valence-electron chi connectivity index (χ4n) is 3.18. The Kier molecular flexibility index (Phi) is 7.05. The molecule has 2 aliphatic heterocycles. The minimum Gasteiger partial charge on any atom is -0.477 e. The first-order valence-electron chi connectivity index (χ1n) is 9.50. The molecule has 0 aliphatic carbocycles. The molecule has 2 aliphatic rings. The summed E-state index contributed by atoms with van der Waals surface area (Å²) in [4.78, 5) is 55.0. The van der Waals surface area contributed by atoms with Crippen LogP contribution in [-0.2, 0) is 30.3 Å². The van der Waals surface area contributed by atoms with Crippen molar-refractivity contribution in [3.05, 3.63) is 23.2 Å². The van der Waals surface area contributed by atoms with Crippen LogP contribution in [0.4, 0.5) is 10.7 Å². The molecule has 1 unspecified atom stereocenters. The van der Waals surface area contributed by atoms with E-state index in [0.29, 0.717) is 30.1 Å². The van der Waals surface area contributed by atoms with Crippen molar-refractivity contribution in [1.82, 2.24) is 20.2 Å². The molecule has 0 radical (unpaired) electrons. The first kappa shape index (κ1) is 22.5. The maximum atomic E-state index is 12.7. The van der Waals surface area contributed by atoms with E-state index in [1.807, 2.05) is 0 Å². The van der Waals surface area contributed by atoms with Crippen LogP contribution in [0.25, 0.3) is 0 Å². The van der Waals surface area contributed by atoms with E-state index in [-0.39, 0.29) is 18.9 Å². The fourth-order valence-corrected chi connectivity index (χ4v) is 4.51. The summed E-state index contributed by atoms with van der Waals surface area (Å²) in [5, 5.41) is 14.5. The van der Waals surface area contributed by atoms with E-state index in [0.717, 1.165) is 5.69 Å². The number of anilines is 1. The number of hydrogen-bond donors (Lipinski definition) is 4. The predicted octanol–water partition coefficient (Wildman–Crippen LogP) is 0.296. The molecule has 13 heteroatoms. The number of aromatic nitrogens is 2. The largest absolute Gasteiger partial charge is 0.477 e. The number of thioether (sulfide) groups is 1. The number of amides is 2. The van der Waals surface area contributed by atoms with Gasteiger partial charge in [0, 0.05) is 31.5 Å². The summed E-state index contributed by atoms with van der Waals surface area (Å²) in [5.41, 5.74) is 0.983. The Balaban J connectivity index is 1.58. The summed E-state index contributed by atoms with van der Waals surface area (Å²) >= 11 is 1.39. The maximum absolute atomic E-state index is 12.7. The van der Waals surface area contributed by atoms with Crippen molar-refractivity contribution in [2.75, 3.05) is 31.3 Å². The molecule has 1 aromatic heterocycles. The molecule has 2 amide bonds. The van der Waals surface area contributed by atoms with E-state index in [1.54, 1.807) is 6.20 Å². The Bertz CT molecular complexity index is 915. The van der Waals surface area contributed by atoms with E-state index in [1.165, 1.54) is 30.6 Å². The Morgan fingerprint density at radius 2 is 2.16 bits per heavy atom. The highest BCUT2D eigenvalue weighted by molar-refractivity contribution is 8.00. The minimum atomic E-state index is -1.24. The number of carboxylic acids is 1. The van der Waals surface area contributed by atoms with Crippen LogP contribution in [0.3, 0.4) is 0 Å². The van der Waals surface area contributed by atoms with Gasteiger partial charge in [-0.2, -0.15) is 0 Å². The number of aromatic amines is 1. The lowest BCUT2D eigenvalue weighted by Gasteiger charge is -2.49. The molecule has 0 aromatic carbocycles. The minimum absolute atomic E-state index is 0.135. The Morgan fingerprint density at radius 3 is 2.84 bits per heavy atom. The Labute approximate surface area is 181 Å². The van der Waals surface area contributed by atoms with E-state index in [4.69, 9.17) is 9.47 Å². The third-order valence-corrected chi connectivity index (χ3v) is 5.98. The number of aliphatic carboxylic acids is 1. The van der Waals surface area contributed by atoms with Crippen molar-refractivity contribution in [2.24, 2.45) is 0 Å². The molecule has 31 heavy (non-hydrogen) atoms. The summed E-state index contributed by atoms with van der Waals surface area (Å²) in [6.45, 7) is 1.33. The number of aryl methyl sites for hydroxylation is 1. The van der Waals surface area contributed by atoms with Gasteiger partial charge in [-0.1, -0.05) is 0 Å². The second-order valence-electron chi connectivity index (χ2n) is 6.80. The zero-order valence-electron chi connectivity index (χ0n) is 17.0. The summed E-state index contributed by atoms with van der Waals surface area (Å²) < 4.78 is 9.83. The Morgan fingerprint density at radius 1 is 1.39 bits per heavy atom. The molecule has 1 aromatic rings. The Hall–Kier alpha value is -3.22. The van der Waals surface area contributed by atoms with Crippen LogP contribution in [0.2, 0.25) is 0 Å². The number of ether oxygens (including phenoxy) is 2. The lowest BCUT2D eigenvalue weighted by Crippen LogP contribution is -2.67. The number of hydrogen-bond acceptors (Lipinski definition) is 9. The van der Waals surface area contributed by atoms with E-state index in [9.17, 15) is 24.3 Å². The third-order valence-electron chi connectivity index (χ3n) is 4.64. The highest BCUT2D eigenvalue weighted by Gasteiger charge is 2.54. The van der Waals surface area contributed by atoms with Crippen molar-refractivity contribution in [3.63, 3.8) is 0 Å². The average Bonchev–Trinajstić information content (AvgIpc) is 3.19. The number of rotatable bonds is 9. The lowest BCUT2D eigenvalue weighted by atomic mass is 10.0. The molecule has 168 valence electrons. The summed E-state index contributed by atoms with van der Waals surface area (Å²) in [5.74, 6) is -1.43. The van der Waals surface area contributed by atoms with E-state index in [2.05, 4.69) is 20.6 Å². The monoisotopic (exact) mass is 453 g/mol. The number of esters is 1. The van der Waals surface area contributed by atoms with Crippen LogP contribution >= 0.6 is 11.8 Å². The number of carbonyl (C=O) groups excluding carboxylic acids is 3. The second-order valence-corrected chi connectivity index (χ2v) is 7.90. The van der Waals surface area contributed by atoms with Crippen molar-refractivity contribution in [2.45, 2.75) is 31.2 Å². The molecule has 0 saturated carbocycles. The van der Waals surface area contributed by atoms with Crippen molar-refractivity contribution >= 4 is 41.6 Å². The highest BCUT2D eigenvalue weighted by atomic mass is 32.2. The number of H-pyrrole nitrogens is 1. The number of carboxylic acid groups (broad SMARTS) is 1. The van der Waals surface area contributed by atoms with Gasteiger partial charge in [0.1, 0.15) is 23.7 Å². The molecular formula is C18H23N5O7S. The first-order valence-corrected chi connectivity index (χ1v) is 10.6. The van der Waals surface area contributed by atoms with Crippen LogP contribution in [0, 0.1) is 0 Å².